The Hall–Kier alpha value is -2.85. The van der Waals surface area contributed by atoms with Crippen LogP contribution in [0.15, 0.2) is 71.5 Å². The lowest BCUT2D eigenvalue weighted by atomic mass is 10.0. The summed E-state index contributed by atoms with van der Waals surface area (Å²) in [4.78, 5) is 17.1. The summed E-state index contributed by atoms with van der Waals surface area (Å²) in [7, 11) is 0. The van der Waals surface area contributed by atoms with Gasteiger partial charge in [0.15, 0.2) is 0 Å². The maximum atomic E-state index is 12.7. The molecule has 0 spiro atoms. The first-order valence-corrected chi connectivity index (χ1v) is 10.6. The summed E-state index contributed by atoms with van der Waals surface area (Å²) in [5, 5.41) is 6.90. The summed E-state index contributed by atoms with van der Waals surface area (Å²) in [6.45, 7) is 8.20. The summed E-state index contributed by atoms with van der Waals surface area (Å²) < 4.78 is 0. The van der Waals surface area contributed by atoms with E-state index in [-0.39, 0.29) is 11.9 Å². The number of nitrogens with one attached hydrogen (secondary N) is 2. The molecule has 2 N–H and O–H groups in total. The van der Waals surface area contributed by atoms with Gasteiger partial charge < -0.3 is 10.6 Å². The average molecular weight is 422 g/mol. The van der Waals surface area contributed by atoms with E-state index < -0.39 is 0 Å². The molecule has 1 unspecified atom stereocenters. The van der Waals surface area contributed by atoms with Crippen molar-refractivity contribution in [2.75, 3.05) is 5.32 Å². The number of carbonyl (C=O) groups is 1. The van der Waals surface area contributed by atoms with Gasteiger partial charge in [0.05, 0.1) is 6.04 Å². The molecule has 5 heteroatoms. The van der Waals surface area contributed by atoms with Crippen molar-refractivity contribution in [1.82, 2.24) is 5.32 Å². The number of benzene rings is 2. The van der Waals surface area contributed by atoms with E-state index in [0.29, 0.717) is 16.7 Å². The van der Waals surface area contributed by atoms with Gasteiger partial charge >= 0.3 is 0 Å². The SMILES string of the molecule is Cc1cc(C)cc(C(=O)Nc2cccc([C@H](C)NC3=C/C(C)C/C=C/C(Cl)=N\3)c2)c1. The van der Waals surface area contributed by atoms with Crippen molar-refractivity contribution in [2.45, 2.75) is 40.2 Å². The number of hydrogen-bond donors (Lipinski definition) is 2. The molecule has 0 saturated carbocycles. The fraction of sp³-hybridized carbons (Fsp3) is 0.280. The molecule has 0 saturated heterocycles. The van der Waals surface area contributed by atoms with E-state index in [1.807, 2.05) is 62.4 Å². The summed E-state index contributed by atoms with van der Waals surface area (Å²) in [6.07, 6.45) is 6.88. The second-order valence-corrected chi connectivity index (χ2v) is 8.31. The number of amides is 1. The number of carbonyl (C=O) groups excluding carboxylic acids is 1. The molecule has 0 bridgehead atoms. The Labute approximate surface area is 183 Å². The maximum Gasteiger partial charge on any atom is 0.255 e. The molecule has 30 heavy (non-hydrogen) atoms. The maximum absolute atomic E-state index is 12.7. The zero-order valence-electron chi connectivity index (χ0n) is 17.9. The number of aliphatic imine (C=N–C) groups is 1. The van der Waals surface area contributed by atoms with Crippen LogP contribution in [0.1, 0.15) is 53.4 Å². The van der Waals surface area contributed by atoms with Crippen LogP contribution in [0.4, 0.5) is 5.69 Å². The van der Waals surface area contributed by atoms with Crippen LogP contribution in [0.5, 0.6) is 0 Å². The van der Waals surface area contributed by atoms with E-state index in [2.05, 4.69) is 41.6 Å². The molecule has 4 nitrogen and oxygen atoms in total. The number of allylic oxidation sites excluding steroid dienone is 3. The van der Waals surface area contributed by atoms with Gasteiger partial charge in [-0.15, -0.1) is 0 Å². The molecule has 0 radical (unpaired) electrons. The van der Waals surface area contributed by atoms with Crippen LogP contribution in [-0.4, -0.2) is 11.1 Å². The third-order valence-corrected chi connectivity index (χ3v) is 5.14. The first-order chi connectivity index (χ1) is 14.3. The zero-order chi connectivity index (χ0) is 21.7. The highest BCUT2D eigenvalue weighted by atomic mass is 35.5. The number of halogens is 1. The highest BCUT2D eigenvalue weighted by molar-refractivity contribution is 6.68. The lowest BCUT2D eigenvalue weighted by Gasteiger charge is -2.19. The minimum atomic E-state index is -0.112. The van der Waals surface area contributed by atoms with Gasteiger partial charge in [-0.1, -0.05) is 53.9 Å². The van der Waals surface area contributed by atoms with Crippen molar-refractivity contribution >= 4 is 28.4 Å². The number of anilines is 1. The smallest absolute Gasteiger partial charge is 0.255 e. The molecule has 3 rings (SSSR count). The van der Waals surface area contributed by atoms with Crippen molar-refractivity contribution in [3.8, 4) is 0 Å². The summed E-state index contributed by atoms with van der Waals surface area (Å²) in [5.41, 5.74) is 4.61. The van der Waals surface area contributed by atoms with Crippen LogP contribution in [0.25, 0.3) is 0 Å². The summed E-state index contributed by atoms with van der Waals surface area (Å²) in [5.74, 6) is 1.01. The van der Waals surface area contributed by atoms with E-state index in [4.69, 9.17) is 11.6 Å². The van der Waals surface area contributed by atoms with Gasteiger partial charge in [-0.2, -0.15) is 0 Å². The van der Waals surface area contributed by atoms with Crippen LogP contribution in [0.3, 0.4) is 0 Å². The highest BCUT2D eigenvalue weighted by Crippen LogP contribution is 2.21. The molecule has 156 valence electrons. The summed E-state index contributed by atoms with van der Waals surface area (Å²) >= 11 is 6.16. The van der Waals surface area contributed by atoms with Gasteiger partial charge in [0.25, 0.3) is 5.91 Å². The molecule has 0 fully saturated rings. The Morgan fingerprint density at radius 2 is 1.90 bits per heavy atom. The molecular formula is C25H28ClN3O. The topological polar surface area (TPSA) is 53.5 Å². The Morgan fingerprint density at radius 3 is 2.63 bits per heavy atom. The monoisotopic (exact) mass is 421 g/mol. The fourth-order valence-corrected chi connectivity index (χ4v) is 3.67. The Bertz CT molecular complexity index is 1000. The third-order valence-electron chi connectivity index (χ3n) is 4.93. The molecule has 2 aromatic rings. The van der Waals surface area contributed by atoms with Crippen LogP contribution in [-0.2, 0) is 0 Å². The Kier molecular flexibility index (Phi) is 7.11. The zero-order valence-corrected chi connectivity index (χ0v) is 18.6. The van der Waals surface area contributed by atoms with E-state index in [0.717, 1.165) is 34.6 Å². The molecule has 0 aromatic heterocycles. The van der Waals surface area contributed by atoms with Gasteiger partial charge in [-0.3, -0.25) is 4.79 Å². The molecule has 1 aliphatic rings. The van der Waals surface area contributed by atoms with Gasteiger partial charge in [0.2, 0.25) is 0 Å². The second kappa shape index (κ2) is 9.77. The minimum absolute atomic E-state index is 0.00172. The third kappa shape index (κ3) is 6.07. The normalized spacial score (nSPS) is 21.8. The quantitative estimate of drug-likeness (QED) is 0.596. The Morgan fingerprint density at radius 1 is 1.17 bits per heavy atom. The lowest BCUT2D eigenvalue weighted by molar-refractivity contribution is 0.102. The molecular weight excluding hydrogens is 394 g/mol. The first-order valence-electron chi connectivity index (χ1n) is 10.2. The van der Waals surface area contributed by atoms with Crippen molar-refractivity contribution in [3.63, 3.8) is 0 Å². The van der Waals surface area contributed by atoms with E-state index in [1.165, 1.54) is 0 Å². The fourth-order valence-electron chi connectivity index (χ4n) is 3.49. The lowest BCUT2D eigenvalue weighted by Crippen LogP contribution is -2.19. The van der Waals surface area contributed by atoms with Crippen molar-refractivity contribution < 1.29 is 4.79 Å². The van der Waals surface area contributed by atoms with Crippen molar-refractivity contribution in [1.29, 1.82) is 0 Å². The summed E-state index contributed by atoms with van der Waals surface area (Å²) in [6, 6.07) is 13.7. The van der Waals surface area contributed by atoms with Gasteiger partial charge in [0.1, 0.15) is 11.0 Å². The number of aryl methyl sites for hydroxylation is 2. The standard InChI is InChI=1S/C25H28ClN3O/c1-16-7-5-10-23(26)29-24(14-16)27-19(4)20-8-6-9-22(15-20)28-25(30)21-12-17(2)11-18(3)13-21/h5-6,8-16,19,27H,7H2,1-4H3,(H,28,30)/b10-5+,24-14-,29-23+/t16?,19-/m0/s1. The van der Waals surface area contributed by atoms with Crippen LogP contribution >= 0.6 is 11.6 Å². The van der Waals surface area contributed by atoms with Crippen molar-refractivity contribution in [2.24, 2.45) is 10.9 Å². The molecule has 1 aliphatic heterocycles. The number of rotatable bonds is 5. The van der Waals surface area contributed by atoms with Crippen LogP contribution in [0, 0.1) is 19.8 Å². The highest BCUT2D eigenvalue weighted by Gasteiger charge is 2.12. The second-order valence-electron chi connectivity index (χ2n) is 7.92. The minimum Gasteiger partial charge on any atom is -0.364 e. The average Bonchev–Trinajstić information content (AvgIpc) is 2.66. The first kappa shape index (κ1) is 21.8. The molecule has 1 heterocycles. The number of nitrogens with zero attached hydrogens (tertiary/aromatic N) is 1. The van der Waals surface area contributed by atoms with Crippen molar-refractivity contribution in [3.05, 3.63) is 88.8 Å². The predicted octanol–water partition coefficient (Wildman–Crippen LogP) is 6.28. The van der Waals surface area contributed by atoms with Gasteiger partial charge in [-0.25, -0.2) is 4.99 Å². The largest absolute Gasteiger partial charge is 0.364 e. The van der Waals surface area contributed by atoms with Crippen LogP contribution < -0.4 is 10.6 Å². The van der Waals surface area contributed by atoms with Crippen LogP contribution in [0.2, 0.25) is 0 Å². The molecule has 2 aromatic carbocycles. The molecule has 1 amide bonds. The Balaban J connectivity index is 1.74. The predicted molar refractivity (Wildman–Crippen MR) is 126 cm³/mol. The van der Waals surface area contributed by atoms with E-state index in [9.17, 15) is 4.79 Å². The van der Waals surface area contributed by atoms with Gasteiger partial charge in [-0.05, 0) is 75.1 Å². The van der Waals surface area contributed by atoms with E-state index in [1.54, 1.807) is 0 Å². The molecule has 0 aliphatic carbocycles. The molecule has 2 atom stereocenters. The van der Waals surface area contributed by atoms with Gasteiger partial charge in [0, 0.05) is 11.3 Å². The van der Waals surface area contributed by atoms with E-state index >= 15 is 0 Å². The number of hydrogen-bond acceptors (Lipinski definition) is 3.